The van der Waals surface area contributed by atoms with Crippen LogP contribution in [0.15, 0.2) is 95.7 Å². The van der Waals surface area contributed by atoms with Gasteiger partial charge in [-0.05, 0) is 53.9 Å². The van der Waals surface area contributed by atoms with Crippen molar-refractivity contribution >= 4 is 0 Å². The fraction of sp³-hybridized carbons (Fsp3) is 0.375. The van der Waals surface area contributed by atoms with E-state index in [2.05, 4.69) is 111 Å². The van der Waals surface area contributed by atoms with E-state index in [1.807, 2.05) is 7.05 Å². The van der Waals surface area contributed by atoms with Crippen LogP contribution >= 0.6 is 0 Å². The van der Waals surface area contributed by atoms with E-state index >= 15 is 0 Å². The van der Waals surface area contributed by atoms with Gasteiger partial charge in [-0.25, -0.2) is 0 Å². The van der Waals surface area contributed by atoms with E-state index in [9.17, 15) is 0 Å². The minimum atomic E-state index is -0.237. The molecule has 1 saturated carbocycles. The van der Waals surface area contributed by atoms with Crippen LogP contribution in [0.25, 0.3) is 0 Å². The summed E-state index contributed by atoms with van der Waals surface area (Å²) >= 11 is 0. The Morgan fingerprint density at radius 3 is 2.53 bits per heavy atom. The minimum Gasteiger partial charge on any atom is -0.464 e. The van der Waals surface area contributed by atoms with Crippen LogP contribution in [0.3, 0.4) is 0 Å². The van der Waals surface area contributed by atoms with Gasteiger partial charge in [0.05, 0.1) is 5.70 Å². The molecule has 4 heteroatoms. The number of ether oxygens (including phenoxy) is 1. The Bertz CT molecular complexity index is 1250. The molecule has 4 nitrogen and oxygen atoms in total. The molecule has 0 spiro atoms. The molecule has 188 valence electrons. The van der Waals surface area contributed by atoms with Crippen LogP contribution in [-0.2, 0) is 16.7 Å². The summed E-state index contributed by atoms with van der Waals surface area (Å²) in [5.74, 6) is 1.99. The molecule has 2 aromatic carbocycles. The van der Waals surface area contributed by atoms with Crippen LogP contribution in [0.4, 0.5) is 0 Å². The molecular formula is C32H39N3O. The number of fused-ring (bicyclic) bond motifs is 1. The predicted octanol–water partition coefficient (Wildman–Crippen LogP) is 6.50. The van der Waals surface area contributed by atoms with Gasteiger partial charge in [0.1, 0.15) is 5.70 Å². The Balaban J connectivity index is 1.41. The van der Waals surface area contributed by atoms with Crippen molar-refractivity contribution in [3.05, 3.63) is 118 Å². The smallest absolute Gasteiger partial charge is 0.196 e. The normalized spacial score (nSPS) is 22.6. The molecule has 3 atom stereocenters. The Morgan fingerprint density at radius 1 is 1.08 bits per heavy atom. The zero-order valence-corrected chi connectivity index (χ0v) is 22.2. The second kappa shape index (κ2) is 9.57. The molecule has 1 fully saturated rings. The predicted molar refractivity (Wildman–Crippen MR) is 148 cm³/mol. The van der Waals surface area contributed by atoms with Gasteiger partial charge in [0, 0.05) is 36.3 Å². The van der Waals surface area contributed by atoms with Gasteiger partial charge in [-0.3, -0.25) is 0 Å². The van der Waals surface area contributed by atoms with Crippen molar-refractivity contribution in [2.24, 2.45) is 11.8 Å². The first-order chi connectivity index (χ1) is 17.3. The molecule has 36 heavy (non-hydrogen) atoms. The fourth-order valence-electron chi connectivity index (χ4n) is 5.22. The number of aryl methyl sites for hydroxylation is 1. The van der Waals surface area contributed by atoms with Crippen molar-refractivity contribution in [3.8, 4) is 0 Å². The molecule has 0 bridgehead atoms. The van der Waals surface area contributed by atoms with Gasteiger partial charge in [0.25, 0.3) is 0 Å². The average Bonchev–Trinajstić information content (AvgIpc) is 3.58. The maximum absolute atomic E-state index is 6.66. The lowest BCUT2D eigenvalue weighted by Crippen LogP contribution is -2.23. The third-order valence-electron chi connectivity index (χ3n) is 8.25. The lowest BCUT2D eigenvalue weighted by molar-refractivity contribution is 0.132. The summed E-state index contributed by atoms with van der Waals surface area (Å²) in [6, 6.07) is 17.3. The Labute approximate surface area is 216 Å². The van der Waals surface area contributed by atoms with E-state index in [-0.39, 0.29) is 11.6 Å². The van der Waals surface area contributed by atoms with E-state index in [0.717, 1.165) is 42.1 Å². The Kier molecular flexibility index (Phi) is 6.46. The third kappa shape index (κ3) is 4.57. The molecule has 1 aliphatic heterocycles. The van der Waals surface area contributed by atoms with Gasteiger partial charge < -0.3 is 20.7 Å². The van der Waals surface area contributed by atoms with Crippen LogP contribution in [0, 0.1) is 18.8 Å². The zero-order chi connectivity index (χ0) is 25.4. The Morgan fingerprint density at radius 2 is 1.83 bits per heavy atom. The van der Waals surface area contributed by atoms with Crippen molar-refractivity contribution in [3.63, 3.8) is 0 Å². The third-order valence-corrected chi connectivity index (χ3v) is 8.25. The van der Waals surface area contributed by atoms with Gasteiger partial charge in [-0.15, -0.1) is 0 Å². The van der Waals surface area contributed by atoms with Gasteiger partial charge in [0.15, 0.2) is 12.0 Å². The standard InChI is InChI=1S/C32H39N3O/c1-7-32(4,5)24-14-12-22(13-15-24)31-35-29(21(3)34-19-23-11-9-8-10-20(23)2)30(36-31)25-16-17-28(33-6)27-18-26(25)27/h8-17,26-27,31,33-35H,3,7,18-19H2,1-2,4-6H3. The molecular weight excluding hydrogens is 442 g/mol. The highest BCUT2D eigenvalue weighted by Crippen LogP contribution is 2.54. The summed E-state index contributed by atoms with van der Waals surface area (Å²) in [6.45, 7) is 14.1. The second-order valence-corrected chi connectivity index (χ2v) is 10.9. The summed E-state index contributed by atoms with van der Waals surface area (Å²) in [7, 11) is 2.01. The number of hydrogen-bond acceptors (Lipinski definition) is 4. The summed E-state index contributed by atoms with van der Waals surface area (Å²) in [5.41, 5.74) is 9.60. The molecule has 2 aliphatic carbocycles. The molecule has 3 N–H and O–H groups in total. The lowest BCUT2D eigenvalue weighted by atomic mass is 9.82. The summed E-state index contributed by atoms with van der Waals surface area (Å²) in [4.78, 5) is 0. The first-order valence-corrected chi connectivity index (χ1v) is 13.2. The van der Waals surface area contributed by atoms with Crippen molar-refractivity contribution in [1.29, 1.82) is 0 Å². The fourth-order valence-corrected chi connectivity index (χ4v) is 5.22. The maximum atomic E-state index is 6.66. The van der Waals surface area contributed by atoms with E-state index in [1.165, 1.54) is 28.0 Å². The number of allylic oxidation sites excluding steroid dienone is 4. The van der Waals surface area contributed by atoms with Crippen LogP contribution in [0.1, 0.15) is 62.1 Å². The van der Waals surface area contributed by atoms with Gasteiger partial charge in [0.2, 0.25) is 0 Å². The van der Waals surface area contributed by atoms with E-state index in [4.69, 9.17) is 4.74 Å². The molecule has 3 aliphatic rings. The second-order valence-electron chi connectivity index (χ2n) is 10.9. The first kappa shape index (κ1) is 24.3. The molecule has 0 radical (unpaired) electrons. The van der Waals surface area contributed by atoms with Gasteiger partial charge in [-0.2, -0.15) is 0 Å². The quantitative estimate of drug-likeness (QED) is 0.383. The molecule has 2 aromatic rings. The molecule has 0 saturated heterocycles. The minimum absolute atomic E-state index is 0.163. The average molecular weight is 482 g/mol. The maximum Gasteiger partial charge on any atom is 0.196 e. The van der Waals surface area contributed by atoms with Crippen LogP contribution in [0.5, 0.6) is 0 Å². The number of hydrogen-bond donors (Lipinski definition) is 3. The highest BCUT2D eigenvalue weighted by molar-refractivity contribution is 5.50. The zero-order valence-electron chi connectivity index (χ0n) is 22.2. The molecule has 0 aromatic heterocycles. The van der Waals surface area contributed by atoms with Crippen molar-refractivity contribution < 1.29 is 4.74 Å². The Hall–Kier alpha value is -3.40. The summed E-state index contributed by atoms with van der Waals surface area (Å²) < 4.78 is 6.66. The molecule has 3 unspecified atom stereocenters. The van der Waals surface area contributed by atoms with Gasteiger partial charge in [-0.1, -0.05) is 82.0 Å². The van der Waals surface area contributed by atoms with Crippen molar-refractivity contribution in [2.75, 3.05) is 7.05 Å². The first-order valence-electron chi connectivity index (χ1n) is 13.2. The van der Waals surface area contributed by atoms with Crippen LogP contribution in [-0.4, -0.2) is 7.05 Å². The molecule has 0 amide bonds. The summed E-state index contributed by atoms with van der Waals surface area (Å²) in [6.07, 6.45) is 6.45. The SMILES string of the molecule is C=C(NCc1ccccc1C)C1=C(C2=CC=C(NC)C3CC23)OC(c2ccc(C(C)(C)CC)cc2)N1. The van der Waals surface area contributed by atoms with E-state index in [1.54, 1.807) is 0 Å². The number of nitrogens with one attached hydrogen (secondary N) is 3. The molecule has 1 heterocycles. The molecule has 5 rings (SSSR count). The van der Waals surface area contributed by atoms with Crippen molar-refractivity contribution in [1.82, 2.24) is 16.0 Å². The van der Waals surface area contributed by atoms with Crippen LogP contribution in [0.2, 0.25) is 0 Å². The van der Waals surface area contributed by atoms with Crippen molar-refractivity contribution in [2.45, 2.75) is 58.7 Å². The largest absolute Gasteiger partial charge is 0.464 e. The van der Waals surface area contributed by atoms with E-state index in [0.29, 0.717) is 11.8 Å². The summed E-state index contributed by atoms with van der Waals surface area (Å²) in [5, 5.41) is 10.6. The monoisotopic (exact) mass is 481 g/mol. The van der Waals surface area contributed by atoms with E-state index < -0.39 is 0 Å². The lowest BCUT2D eigenvalue weighted by Gasteiger charge is -2.24. The van der Waals surface area contributed by atoms with Gasteiger partial charge >= 0.3 is 0 Å². The number of benzene rings is 2. The number of rotatable bonds is 9. The topological polar surface area (TPSA) is 45.3 Å². The van der Waals surface area contributed by atoms with Crippen LogP contribution < -0.4 is 16.0 Å². The highest BCUT2D eigenvalue weighted by atomic mass is 16.5. The highest BCUT2D eigenvalue weighted by Gasteiger charge is 2.47.